The van der Waals surface area contributed by atoms with Crippen LogP contribution in [0.3, 0.4) is 0 Å². The normalized spacial score (nSPS) is 24.6. The van der Waals surface area contributed by atoms with Crippen LogP contribution in [0.2, 0.25) is 5.02 Å². The van der Waals surface area contributed by atoms with Gasteiger partial charge >= 0.3 is 0 Å². The Morgan fingerprint density at radius 3 is 2.52 bits per heavy atom. The lowest BCUT2D eigenvalue weighted by Crippen LogP contribution is -2.48. The molecule has 0 spiro atoms. The number of carbonyl (C=O) groups excluding carboxylic acids is 1. The molecule has 1 amide bonds. The first-order valence-electron chi connectivity index (χ1n) is 8.50. The lowest BCUT2D eigenvalue weighted by molar-refractivity contribution is 0.0650. The van der Waals surface area contributed by atoms with Crippen molar-refractivity contribution in [2.24, 2.45) is 0 Å². The second-order valence-corrected chi connectivity index (χ2v) is 7.23. The number of furan rings is 1. The fourth-order valence-electron chi connectivity index (χ4n) is 3.94. The highest BCUT2D eigenvalue weighted by Gasteiger charge is 2.37. The van der Waals surface area contributed by atoms with Crippen LogP contribution >= 0.6 is 24.0 Å². The van der Waals surface area contributed by atoms with Crippen LogP contribution in [-0.2, 0) is 0 Å². The Morgan fingerprint density at radius 2 is 1.84 bits per heavy atom. The number of hydrogen-bond donors (Lipinski definition) is 1. The maximum atomic E-state index is 12.8. The van der Waals surface area contributed by atoms with E-state index in [1.54, 1.807) is 6.07 Å². The molecule has 2 aliphatic rings. The van der Waals surface area contributed by atoms with Crippen molar-refractivity contribution in [1.82, 2.24) is 10.2 Å². The third-order valence-electron chi connectivity index (χ3n) is 5.27. The summed E-state index contributed by atoms with van der Waals surface area (Å²) in [4.78, 5) is 14.6. The van der Waals surface area contributed by atoms with Crippen molar-refractivity contribution in [3.8, 4) is 11.3 Å². The zero-order valence-corrected chi connectivity index (χ0v) is 15.6. The van der Waals surface area contributed by atoms with Crippen LogP contribution in [0.5, 0.6) is 0 Å². The number of nitrogens with zero attached hydrogens (tertiary/aromatic N) is 1. The standard InChI is InChI=1S/C19H21ClN2O2.ClH/c1-22(14-10-12-6-7-13(11-14)21-12)19(23)18-9-8-17(24-18)15-4-2-3-5-16(15)20;/h2-5,8-9,12-14,21H,6-7,10-11H2,1H3;1H. The maximum Gasteiger partial charge on any atom is 0.289 e. The quantitative estimate of drug-likeness (QED) is 0.859. The monoisotopic (exact) mass is 380 g/mol. The molecule has 25 heavy (non-hydrogen) atoms. The second-order valence-electron chi connectivity index (χ2n) is 6.82. The molecule has 0 aliphatic carbocycles. The van der Waals surface area contributed by atoms with E-state index in [0.717, 1.165) is 18.4 Å². The lowest BCUT2D eigenvalue weighted by Gasteiger charge is -2.35. The Labute approximate surface area is 158 Å². The molecule has 134 valence electrons. The van der Waals surface area contributed by atoms with Crippen LogP contribution in [0.25, 0.3) is 11.3 Å². The van der Waals surface area contributed by atoms with Crippen molar-refractivity contribution in [1.29, 1.82) is 0 Å². The third kappa shape index (κ3) is 3.57. The minimum Gasteiger partial charge on any atom is -0.451 e. The van der Waals surface area contributed by atoms with Gasteiger partial charge in [0.1, 0.15) is 5.76 Å². The largest absolute Gasteiger partial charge is 0.451 e. The summed E-state index contributed by atoms with van der Waals surface area (Å²) in [6, 6.07) is 12.4. The number of benzene rings is 1. The average Bonchev–Trinajstić information content (AvgIpc) is 3.20. The molecule has 0 saturated carbocycles. The van der Waals surface area contributed by atoms with Crippen LogP contribution in [0, 0.1) is 0 Å². The number of nitrogens with one attached hydrogen (secondary N) is 1. The molecule has 1 N–H and O–H groups in total. The first-order valence-corrected chi connectivity index (χ1v) is 8.87. The summed E-state index contributed by atoms with van der Waals surface area (Å²) in [6.45, 7) is 0. The van der Waals surface area contributed by atoms with E-state index in [0.29, 0.717) is 28.6 Å². The number of carbonyl (C=O) groups is 1. The Morgan fingerprint density at radius 1 is 1.16 bits per heavy atom. The third-order valence-corrected chi connectivity index (χ3v) is 5.60. The van der Waals surface area contributed by atoms with Crippen LogP contribution in [0.15, 0.2) is 40.8 Å². The molecule has 4 nitrogen and oxygen atoms in total. The second kappa shape index (κ2) is 7.40. The zero-order valence-electron chi connectivity index (χ0n) is 14.1. The molecule has 2 fully saturated rings. The molecule has 1 aromatic carbocycles. The van der Waals surface area contributed by atoms with E-state index in [1.807, 2.05) is 42.3 Å². The molecule has 2 bridgehead atoms. The topological polar surface area (TPSA) is 45.5 Å². The van der Waals surface area contributed by atoms with Gasteiger partial charge in [-0.1, -0.05) is 23.7 Å². The number of piperidine rings is 1. The number of hydrogen-bond acceptors (Lipinski definition) is 3. The number of rotatable bonds is 3. The number of fused-ring (bicyclic) bond motifs is 2. The fraction of sp³-hybridized carbons (Fsp3) is 0.421. The summed E-state index contributed by atoms with van der Waals surface area (Å²) in [5.74, 6) is 0.945. The van der Waals surface area contributed by atoms with E-state index >= 15 is 0 Å². The van der Waals surface area contributed by atoms with Crippen molar-refractivity contribution in [3.63, 3.8) is 0 Å². The molecule has 2 atom stereocenters. The Hall–Kier alpha value is -1.49. The summed E-state index contributed by atoms with van der Waals surface area (Å²) < 4.78 is 5.80. The van der Waals surface area contributed by atoms with E-state index in [-0.39, 0.29) is 24.4 Å². The Balaban J connectivity index is 0.00000182. The molecule has 2 unspecified atom stereocenters. The molecule has 3 heterocycles. The maximum absolute atomic E-state index is 12.8. The van der Waals surface area contributed by atoms with E-state index in [9.17, 15) is 4.79 Å². The van der Waals surface area contributed by atoms with Gasteiger partial charge in [-0.2, -0.15) is 0 Å². The summed E-state index contributed by atoms with van der Waals surface area (Å²) in [5.41, 5.74) is 0.806. The highest BCUT2D eigenvalue weighted by molar-refractivity contribution is 6.33. The van der Waals surface area contributed by atoms with E-state index in [4.69, 9.17) is 16.0 Å². The summed E-state index contributed by atoms with van der Waals surface area (Å²) in [5, 5.41) is 4.23. The van der Waals surface area contributed by atoms with Crippen molar-refractivity contribution in [3.05, 3.63) is 47.2 Å². The number of amides is 1. The van der Waals surface area contributed by atoms with Crippen molar-refractivity contribution in [2.75, 3.05) is 7.05 Å². The van der Waals surface area contributed by atoms with Gasteiger partial charge in [-0.15, -0.1) is 12.4 Å². The van der Waals surface area contributed by atoms with Crippen molar-refractivity contribution < 1.29 is 9.21 Å². The molecular weight excluding hydrogens is 359 g/mol. The van der Waals surface area contributed by atoms with Crippen molar-refractivity contribution >= 4 is 29.9 Å². The average molecular weight is 381 g/mol. The summed E-state index contributed by atoms with van der Waals surface area (Å²) in [7, 11) is 1.88. The molecule has 2 aliphatic heterocycles. The van der Waals surface area contributed by atoms with Gasteiger partial charge in [-0.3, -0.25) is 4.79 Å². The molecule has 4 rings (SSSR count). The molecule has 2 aromatic rings. The smallest absolute Gasteiger partial charge is 0.289 e. The van der Waals surface area contributed by atoms with Crippen LogP contribution < -0.4 is 5.32 Å². The van der Waals surface area contributed by atoms with E-state index < -0.39 is 0 Å². The first kappa shape index (κ1) is 18.3. The van der Waals surface area contributed by atoms with Gasteiger partial charge in [-0.25, -0.2) is 0 Å². The first-order chi connectivity index (χ1) is 11.6. The van der Waals surface area contributed by atoms with Crippen LogP contribution in [-0.4, -0.2) is 36.0 Å². The lowest BCUT2D eigenvalue weighted by atomic mass is 9.98. The SMILES string of the molecule is CN(C(=O)c1ccc(-c2ccccc2Cl)o1)C1CC2CCC(C1)N2.Cl. The highest BCUT2D eigenvalue weighted by atomic mass is 35.5. The minimum absolute atomic E-state index is 0. The van der Waals surface area contributed by atoms with Gasteiger partial charge in [0.25, 0.3) is 5.91 Å². The molecule has 6 heteroatoms. The fourth-order valence-corrected chi connectivity index (χ4v) is 4.17. The zero-order chi connectivity index (χ0) is 16.7. The molecule has 0 radical (unpaired) electrons. The predicted molar refractivity (Wildman–Crippen MR) is 101 cm³/mol. The number of halogens is 2. The summed E-state index contributed by atoms with van der Waals surface area (Å²) in [6.07, 6.45) is 4.49. The van der Waals surface area contributed by atoms with Gasteiger partial charge in [0.15, 0.2) is 5.76 Å². The highest BCUT2D eigenvalue weighted by Crippen LogP contribution is 2.32. The Kier molecular flexibility index (Phi) is 5.42. The molecular formula is C19H22Cl2N2O2. The van der Waals surface area contributed by atoms with Crippen molar-refractivity contribution in [2.45, 2.75) is 43.8 Å². The van der Waals surface area contributed by atoms with Gasteiger partial charge in [0.2, 0.25) is 0 Å². The van der Waals surface area contributed by atoms with Gasteiger partial charge in [0, 0.05) is 30.7 Å². The molecule has 2 saturated heterocycles. The Bertz CT molecular complexity index is 749. The van der Waals surface area contributed by atoms with E-state index in [2.05, 4.69) is 5.32 Å². The van der Waals surface area contributed by atoms with Crippen LogP contribution in [0.4, 0.5) is 0 Å². The summed E-state index contributed by atoms with van der Waals surface area (Å²) >= 11 is 6.21. The van der Waals surface area contributed by atoms with E-state index in [1.165, 1.54) is 12.8 Å². The predicted octanol–water partition coefficient (Wildman–Crippen LogP) is 4.38. The minimum atomic E-state index is -0.0559. The molecule has 1 aromatic heterocycles. The van der Waals surface area contributed by atoms with Gasteiger partial charge < -0.3 is 14.6 Å². The van der Waals surface area contributed by atoms with Gasteiger partial charge in [-0.05, 0) is 49.9 Å². The van der Waals surface area contributed by atoms with Crippen LogP contribution in [0.1, 0.15) is 36.2 Å². The van der Waals surface area contributed by atoms with Gasteiger partial charge in [0.05, 0.1) is 5.02 Å².